The standard InChI is InChI=1S/C12H16N4O2/c1-6-4-5-9(18-6)7(2)14-12(17)10-8(3)15-16-11(10)13/h4-5,7H,1-3H3,(H,14,17)(H3,13,15,16). The molecule has 18 heavy (non-hydrogen) atoms. The molecule has 1 amide bonds. The zero-order valence-electron chi connectivity index (χ0n) is 10.6. The van der Waals surface area contributed by atoms with Crippen LogP contribution in [0.15, 0.2) is 16.5 Å². The molecule has 0 radical (unpaired) electrons. The van der Waals surface area contributed by atoms with Gasteiger partial charge in [0.15, 0.2) is 5.82 Å². The van der Waals surface area contributed by atoms with Crippen molar-refractivity contribution in [3.63, 3.8) is 0 Å². The molecule has 0 saturated heterocycles. The van der Waals surface area contributed by atoms with Crippen molar-refractivity contribution in [1.29, 1.82) is 0 Å². The summed E-state index contributed by atoms with van der Waals surface area (Å²) in [6.07, 6.45) is 0. The molecule has 0 saturated carbocycles. The molecule has 0 aliphatic rings. The number of rotatable bonds is 3. The first-order valence-corrected chi connectivity index (χ1v) is 5.66. The van der Waals surface area contributed by atoms with E-state index in [0.29, 0.717) is 17.0 Å². The van der Waals surface area contributed by atoms with E-state index in [1.165, 1.54) is 0 Å². The first kappa shape index (κ1) is 12.2. The van der Waals surface area contributed by atoms with Crippen LogP contribution in [0.2, 0.25) is 0 Å². The lowest BCUT2D eigenvalue weighted by Crippen LogP contribution is -2.27. The highest BCUT2D eigenvalue weighted by atomic mass is 16.3. The zero-order valence-corrected chi connectivity index (χ0v) is 10.6. The molecule has 2 heterocycles. The summed E-state index contributed by atoms with van der Waals surface area (Å²) in [7, 11) is 0. The molecule has 6 heteroatoms. The van der Waals surface area contributed by atoms with Crippen molar-refractivity contribution in [3.05, 3.63) is 34.9 Å². The summed E-state index contributed by atoms with van der Waals surface area (Å²) in [5, 5.41) is 9.29. The lowest BCUT2D eigenvalue weighted by Gasteiger charge is -2.11. The number of carbonyl (C=O) groups excluding carboxylic acids is 1. The number of hydrogen-bond acceptors (Lipinski definition) is 4. The molecule has 2 aromatic heterocycles. The summed E-state index contributed by atoms with van der Waals surface area (Å²) >= 11 is 0. The number of amides is 1. The molecule has 1 atom stereocenters. The Bertz CT molecular complexity index is 551. The highest BCUT2D eigenvalue weighted by Gasteiger charge is 2.19. The molecule has 6 nitrogen and oxygen atoms in total. The van der Waals surface area contributed by atoms with Gasteiger partial charge in [-0.05, 0) is 32.9 Å². The van der Waals surface area contributed by atoms with Crippen LogP contribution in [-0.4, -0.2) is 16.1 Å². The number of aromatic amines is 1. The Morgan fingerprint density at radius 2 is 2.22 bits per heavy atom. The Kier molecular flexibility index (Phi) is 3.10. The molecule has 0 aromatic carbocycles. The molecule has 2 aromatic rings. The Morgan fingerprint density at radius 3 is 2.72 bits per heavy atom. The zero-order chi connectivity index (χ0) is 13.3. The number of anilines is 1. The van der Waals surface area contributed by atoms with Gasteiger partial charge >= 0.3 is 0 Å². The molecular weight excluding hydrogens is 232 g/mol. The van der Waals surface area contributed by atoms with Gasteiger partial charge in [0.1, 0.15) is 17.1 Å². The van der Waals surface area contributed by atoms with Gasteiger partial charge in [-0.25, -0.2) is 0 Å². The fourth-order valence-electron chi connectivity index (χ4n) is 1.76. The number of aryl methyl sites for hydroxylation is 2. The maximum absolute atomic E-state index is 12.0. The number of furan rings is 1. The predicted octanol–water partition coefficient (Wildman–Crippen LogP) is 1.69. The Labute approximate surface area is 105 Å². The van der Waals surface area contributed by atoms with Gasteiger partial charge in [-0.1, -0.05) is 0 Å². The molecule has 0 aliphatic carbocycles. The summed E-state index contributed by atoms with van der Waals surface area (Å²) < 4.78 is 5.45. The Morgan fingerprint density at radius 1 is 1.50 bits per heavy atom. The summed E-state index contributed by atoms with van der Waals surface area (Å²) in [5.41, 5.74) is 6.66. The van der Waals surface area contributed by atoms with Gasteiger partial charge in [0, 0.05) is 5.69 Å². The van der Waals surface area contributed by atoms with Gasteiger partial charge in [-0.3, -0.25) is 9.89 Å². The number of nitrogen functional groups attached to an aromatic ring is 1. The summed E-state index contributed by atoms with van der Waals surface area (Å²) in [6.45, 7) is 5.46. The van der Waals surface area contributed by atoms with E-state index in [-0.39, 0.29) is 17.8 Å². The van der Waals surface area contributed by atoms with Crippen LogP contribution in [0.1, 0.15) is 40.5 Å². The molecule has 4 N–H and O–H groups in total. The van der Waals surface area contributed by atoms with E-state index in [1.54, 1.807) is 6.92 Å². The smallest absolute Gasteiger partial charge is 0.257 e. The summed E-state index contributed by atoms with van der Waals surface area (Å²) in [4.78, 5) is 12.0. The minimum atomic E-state index is -0.264. The number of aromatic nitrogens is 2. The third kappa shape index (κ3) is 2.22. The van der Waals surface area contributed by atoms with Crippen LogP contribution in [0, 0.1) is 13.8 Å². The quantitative estimate of drug-likeness (QED) is 0.770. The number of nitrogens with zero attached hydrogens (tertiary/aromatic N) is 1. The molecular formula is C12H16N4O2. The number of carbonyl (C=O) groups is 1. The van der Waals surface area contributed by atoms with E-state index in [0.717, 1.165) is 5.76 Å². The van der Waals surface area contributed by atoms with E-state index in [2.05, 4.69) is 15.5 Å². The second-order valence-corrected chi connectivity index (χ2v) is 4.25. The van der Waals surface area contributed by atoms with Crippen LogP contribution < -0.4 is 11.1 Å². The molecule has 96 valence electrons. The number of hydrogen-bond donors (Lipinski definition) is 3. The van der Waals surface area contributed by atoms with Crippen LogP contribution >= 0.6 is 0 Å². The van der Waals surface area contributed by atoms with Crippen molar-refractivity contribution >= 4 is 11.7 Å². The molecule has 0 bridgehead atoms. The van der Waals surface area contributed by atoms with E-state index < -0.39 is 0 Å². The van der Waals surface area contributed by atoms with Gasteiger partial charge in [0.25, 0.3) is 5.91 Å². The monoisotopic (exact) mass is 248 g/mol. The highest BCUT2D eigenvalue weighted by Crippen LogP contribution is 2.18. The first-order chi connectivity index (χ1) is 8.49. The van der Waals surface area contributed by atoms with Gasteiger partial charge in [-0.2, -0.15) is 5.10 Å². The lowest BCUT2D eigenvalue weighted by atomic mass is 10.2. The van der Waals surface area contributed by atoms with Gasteiger partial charge in [0.05, 0.1) is 6.04 Å². The predicted molar refractivity (Wildman–Crippen MR) is 67.1 cm³/mol. The van der Waals surface area contributed by atoms with E-state index in [4.69, 9.17) is 10.2 Å². The van der Waals surface area contributed by atoms with Crippen LogP contribution in [-0.2, 0) is 0 Å². The minimum Gasteiger partial charge on any atom is -0.464 e. The molecule has 0 fully saturated rings. The molecule has 1 unspecified atom stereocenters. The van der Waals surface area contributed by atoms with E-state index in [9.17, 15) is 4.79 Å². The molecule has 0 aliphatic heterocycles. The van der Waals surface area contributed by atoms with Crippen LogP contribution in [0.25, 0.3) is 0 Å². The minimum absolute atomic E-state index is 0.202. The van der Waals surface area contributed by atoms with E-state index >= 15 is 0 Å². The van der Waals surface area contributed by atoms with Crippen molar-refractivity contribution in [3.8, 4) is 0 Å². The van der Waals surface area contributed by atoms with Crippen LogP contribution in [0.3, 0.4) is 0 Å². The molecule has 0 spiro atoms. The van der Waals surface area contributed by atoms with Crippen molar-refractivity contribution in [2.75, 3.05) is 5.73 Å². The number of nitrogens with two attached hydrogens (primary N) is 1. The summed E-state index contributed by atoms with van der Waals surface area (Å²) in [5.74, 6) is 1.46. The second-order valence-electron chi connectivity index (χ2n) is 4.25. The third-order valence-corrected chi connectivity index (χ3v) is 2.74. The van der Waals surface area contributed by atoms with Crippen molar-refractivity contribution in [1.82, 2.24) is 15.5 Å². The average Bonchev–Trinajstić information content (AvgIpc) is 2.85. The fourth-order valence-corrected chi connectivity index (χ4v) is 1.76. The second kappa shape index (κ2) is 4.56. The first-order valence-electron chi connectivity index (χ1n) is 5.66. The maximum atomic E-state index is 12.0. The van der Waals surface area contributed by atoms with Gasteiger partial charge < -0.3 is 15.5 Å². The van der Waals surface area contributed by atoms with Gasteiger partial charge in [-0.15, -0.1) is 0 Å². The maximum Gasteiger partial charge on any atom is 0.257 e. The Hall–Kier alpha value is -2.24. The highest BCUT2D eigenvalue weighted by molar-refractivity contribution is 5.99. The summed E-state index contributed by atoms with van der Waals surface area (Å²) in [6, 6.07) is 3.47. The number of H-pyrrole nitrogens is 1. The van der Waals surface area contributed by atoms with Crippen molar-refractivity contribution < 1.29 is 9.21 Å². The largest absolute Gasteiger partial charge is 0.464 e. The topological polar surface area (TPSA) is 96.9 Å². The average molecular weight is 248 g/mol. The van der Waals surface area contributed by atoms with Gasteiger partial charge in [0.2, 0.25) is 0 Å². The van der Waals surface area contributed by atoms with Crippen LogP contribution in [0.4, 0.5) is 5.82 Å². The lowest BCUT2D eigenvalue weighted by molar-refractivity contribution is 0.0935. The van der Waals surface area contributed by atoms with E-state index in [1.807, 2.05) is 26.0 Å². The third-order valence-electron chi connectivity index (χ3n) is 2.74. The van der Waals surface area contributed by atoms with Crippen molar-refractivity contribution in [2.45, 2.75) is 26.8 Å². The normalized spacial score (nSPS) is 12.4. The Balaban J connectivity index is 2.13. The number of nitrogens with one attached hydrogen (secondary N) is 2. The molecule has 2 rings (SSSR count). The SMILES string of the molecule is Cc1ccc(C(C)NC(=O)c2c(N)n[nH]c2C)o1. The fraction of sp³-hybridized carbons (Fsp3) is 0.333. The van der Waals surface area contributed by atoms with Crippen LogP contribution in [0.5, 0.6) is 0 Å². The van der Waals surface area contributed by atoms with Crippen molar-refractivity contribution in [2.24, 2.45) is 0 Å².